The van der Waals surface area contributed by atoms with E-state index in [1.54, 1.807) is 18.5 Å². The third-order valence-corrected chi connectivity index (χ3v) is 7.64. The Hall–Kier alpha value is -4.25. The first-order valence-electron chi connectivity index (χ1n) is 14.0. The highest BCUT2D eigenvalue weighted by Gasteiger charge is 2.32. The lowest BCUT2D eigenvalue weighted by Gasteiger charge is -2.24. The quantitative estimate of drug-likeness (QED) is 0.174. The minimum atomic E-state index is -1.40. The van der Waals surface area contributed by atoms with Crippen LogP contribution in [0, 0.1) is 19.3 Å². The van der Waals surface area contributed by atoms with Crippen molar-refractivity contribution in [3.63, 3.8) is 0 Å². The molecule has 1 saturated carbocycles. The highest BCUT2D eigenvalue weighted by atomic mass is 35.5. The van der Waals surface area contributed by atoms with Crippen LogP contribution in [-0.2, 0) is 0 Å². The van der Waals surface area contributed by atoms with Crippen molar-refractivity contribution in [1.82, 2.24) is 25.9 Å². The number of nitrogens with one attached hydrogen (secondary N) is 4. The van der Waals surface area contributed by atoms with Crippen LogP contribution in [-0.4, -0.2) is 21.0 Å². The van der Waals surface area contributed by atoms with Gasteiger partial charge in [0.15, 0.2) is 0 Å². The van der Waals surface area contributed by atoms with Gasteiger partial charge in [0.2, 0.25) is 0 Å². The molecule has 2 atom stereocenters. The van der Waals surface area contributed by atoms with Crippen molar-refractivity contribution in [1.29, 1.82) is 0 Å². The third-order valence-electron chi connectivity index (χ3n) is 7.35. The fraction of sp³-hybridized carbons (Fsp3) is 0.250. The first-order chi connectivity index (χ1) is 19.9. The number of halogens is 1. The van der Waals surface area contributed by atoms with Crippen LogP contribution in [0.3, 0.4) is 0 Å². The van der Waals surface area contributed by atoms with Gasteiger partial charge in [0.1, 0.15) is 0 Å². The van der Waals surface area contributed by atoms with E-state index in [2.05, 4.69) is 56.5 Å². The van der Waals surface area contributed by atoms with Gasteiger partial charge in [-0.05, 0) is 49.9 Å². The number of nitrogens with zero attached hydrogens (tertiary/aromatic N) is 3. The van der Waals surface area contributed by atoms with Crippen LogP contribution in [0.25, 0.3) is 10.9 Å². The molecular formula is C32H32ClN7. The number of aromatic nitrogens is 2. The molecule has 6 rings (SSSR count). The van der Waals surface area contributed by atoms with Crippen molar-refractivity contribution in [3.8, 4) is 12.3 Å². The molecule has 0 unspecified atom stereocenters. The molecule has 1 aliphatic heterocycles. The van der Waals surface area contributed by atoms with Gasteiger partial charge < -0.3 is 16.1 Å². The molecule has 40 heavy (non-hydrogen) atoms. The average molecular weight is 551 g/mol. The third kappa shape index (κ3) is 5.16. The predicted octanol–water partition coefficient (Wildman–Crippen LogP) is 6.62. The van der Waals surface area contributed by atoms with E-state index in [-0.39, 0.29) is 6.04 Å². The topological polar surface area (TPSA) is 77.1 Å². The maximum Gasteiger partial charge on any atom is 0.0961 e. The number of hydrazine groups is 2. The normalized spacial score (nSPS) is 17.3. The summed E-state index contributed by atoms with van der Waals surface area (Å²) < 4.78 is 9.80. The highest BCUT2D eigenvalue weighted by molar-refractivity contribution is 6.35. The number of pyridine rings is 2. The van der Waals surface area contributed by atoms with E-state index in [4.69, 9.17) is 18.0 Å². The van der Waals surface area contributed by atoms with Crippen LogP contribution in [0.4, 0.5) is 11.4 Å². The Morgan fingerprint density at radius 3 is 2.73 bits per heavy atom. The second-order valence-corrected chi connectivity index (χ2v) is 10.5. The minimum Gasteiger partial charge on any atom is -0.377 e. The van der Waals surface area contributed by atoms with Gasteiger partial charge in [0.25, 0.3) is 0 Å². The highest BCUT2D eigenvalue weighted by Crippen LogP contribution is 2.38. The Morgan fingerprint density at radius 2 is 2.00 bits per heavy atom. The SMILES string of the molecule is [2H][C@](Nc1cc(Cl)c2ncc(C#C)c(N[C@H](CC)c3ccccc3)c2c1)(C1=CN(C2CC2)NN1)c1cccnc1C. The first kappa shape index (κ1) is 24.8. The van der Waals surface area contributed by atoms with Crippen molar-refractivity contribution in [2.45, 2.75) is 51.2 Å². The summed E-state index contributed by atoms with van der Waals surface area (Å²) in [5.74, 6) is 2.79. The van der Waals surface area contributed by atoms with Crippen molar-refractivity contribution in [3.05, 3.63) is 106 Å². The number of rotatable bonds is 9. The Labute approximate surface area is 241 Å². The van der Waals surface area contributed by atoms with E-state index in [0.717, 1.165) is 47.2 Å². The number of hydrogen-bond acceptors (Lipinski definition) is 7. The van der Waals surface area contributed by atoms with Gasteiger partial charge >= 0.3 is 0 Å². The minimum absolute atomic E-state index is 0.0323. The van der Waals surface area contributed by atoms with Gasteiger partial charge in [-0.3, -0.25) is 15.0 Å². The number of fused-ring (bicyclic) bond motifs is 1. The molecule has 2 aliphatic rings. The molecule has 0 bridgehead atoms. The summed E-state index contributed by atoms with van der Waals surface area (Å²) in [6.07, 6.45) is 14.4. The molecule has 1 fully saturated rings. The summed E-state index contributed by atoms with van der Waals surface area (Å²) in [6.45, 7) is 4.05. The molecule has 3 heterocycles. The van der Waals surface area contributed by atoms with Crippen molar-refractivity contribution in [2.75, 3.05) is 10.6 Å². The molecule has 4 N–H and O–H groups in total. The summed E-state index contributed by atoms with van der Waals surface area (Å²) >= 11 is 6.85. The Morgan fingerprint density at radius 1 is 1.18 bits per heavy atom. The molecule has 2 aromatic carbocycles. The fourth-order valence-electron chi connectivity index (χ4n) is 5.05. The molecule has 1 aliphatic carbocycles. The Bertz CT molecular complexity index is 1660. The number of hydrogen-bond donors (Lipinski definition) is 4. The van der Waals surface area contributed by atoms with Crippen LogP contribution in [0.15, 0.2) is 78.9 Å². The predicted molar refractivity (Wildman–Crippen MR) is 162 cm³/mol. The number of benzene rings is 2. The lowest BCUT2D eigenvalue weighted by atomic mass is 10.0. The molecule has 202 valence electrons. The Balaban J connectivity index is 1.45. The van der Waals surface area contributed by atoms with Gasteiger partial charge in [-0.15, -0.1) is 12.0 Å². The maximum absolute atomic E-state index is 9.80. The van der Waals surface area contributed by atoms with Crippen molar-refractivity contribution >= 4 is 33.9 Å². The van der Waals surface area contributed by atoms with Gasteiger partial charge in [-0.1, -0.05) is 60.8 Å². The largest absolute Gasteiger partial charge is 0.377 e. The van der Waals surface area contributed by atoms with E-state index in [0.29, 0.717) is 33.5 Å². The molecule has 8 heteroatoms. The van der Waals surface area contributed by atoms with E-state index < -0.39 is 6.02 Å². The van der Waals surface area contributed by atoms with Gasteiger partial charge in [-0.2, -0.15) is 0 Å². The zero-order chi connectivity index (χ0) is 28.6. The monoisotopic (exact) mass is 550 g/mol. The van der Waals surface area contributed by atoms with E-state index in [1.807, 2.05) is 54.5 Å². The lowest BCUT2D eigenvalue weighted by Crippen LogP contribution is -2.38. The lowest BCUT2D eigenvalue weighted by molar-refractivity contribution is 0.260. The number of aryl methyl sites for hydroxylation is 1. The summed E-state index contributed by atoms with van der Waals surface area (Å²) in [6, 6.07) is 16.9. The van der Waals surface area contributed by atoms with Crippen LogP contribution < -0.4 is 21.6 Å². The molecule has 2 aromatic heterocycles. The van der Waals surface area contributed by atoms with Crippen LogP contribution in [0.2, 0.25) is 5.02 Å². The molecule has 0 spiro atoms. The van der Waals surface area contributed by atoms with Crippen LogP contribution in [0.1, 0.15) is 62.0 Å². The number of anilines is 2. The van der Waals surface area contributed by atoms with Gasteiger partial charge in [0, 0.05) is 47.0 Å². The van der Waals surface area contributed by atoms with Crippen molar-refractivity contribution < 1.29 is 1.37 Å². The smallest absolute Gasteiger partial charge is 0.0961 e. The summed E-state index contributed by atoms with van der Waals surface area (Å²) in [4.78, 5) is 9.08. The van der Waals surface area contributed by atoms with Gasteiger partial charge in [0.05, 0.1) is 40.9 Å². The summed E-state index contributed by atoms with van der Waals surface area (Å²) in [5.41, 5.74) is 12.4. The number of terminal acetylenes is 1. The van der Waals surface area contributed by atoms with Gasteiger partial charge in [-0.25, -0.2) is 0 Å². The van der Waals surface area contributed by atoms with Crippen molar-refractivity contribution in [2.24, 2.45) is 0 Å². The molecule has 0 radical (unpaired) electrons. The molecular weight excluding hydrogens is 518 g/mol. The fourth-order valence-corrected chi connectivity index (χ4v) is 5.32. The molecule has 4 aromatic rings. The second-order valence-electron chi connectivity index (χ2n) is 10.1. The molecule has 7 nitrogen and oxygen atoms in total. The second kappa shape index (κ2) is 11.1. The van der Waals surface area contributed by atoms with Crippen LogP contribution in [0.5, 0.6) is 0 Å². The molecule has 0 amide bonds. The Kier molecular flexibility index (Phi) is 6.86. The summed E-state index contributed by atoms with van der Waals surface area (Å²) in [7, 11) is 0. The summed E-state index contributed by atoms with van der Waals surface area (Å²) in [5, 5.41) is 10.4. The average Bonchev–Trinajstić information content (AvgIpc) is 3.71. The van der Waals surface area contributed by atoms with E-state index >= 15 is 0 Å². The van der Waals surface area contributed by atoms with Crippen LogP contribution >= 0.6 is 11.6 Å². The zero-order valence-corrected chi connectivity index (χ0v) is 23.3. The first-order valence-corrected chi connectivity index (χ1v) is 13.9. The standard InChI is InChI=1S/C32H32ClN7/c1-4-21-18-35-31-26(30(21)37-28(5-2)22-10-7-6-8-11-22)16-23(17-27(31)33)36-32(25-12-9-15-34-20(25)3)29-19-40(39-38-29)24-13-14-24/h1,6-12,15-19,24,28,32,36,38-39H,5,13-14H2,2-3H3,(H,35,37)/t28-,32-/m1/s1/i32D. The zero-order valence-electron chi connectivity index (χ0n) is 23.5. The molecule has 0 saturated heterocycles. The van der Waals surface area contributed by atoms with E-state index in [9.17, 15) is 1.37 Å². The van der Waals surface area contributed by atoms with E-state index in [1.165, 1.54) is 0 Å². The maximum atomic E-state index is 9.80.